The first-order valence-electron chi connectivity index (χ1n) is 13.2. The molecule has 2 saturated heterocycles. The minimum atomic E-state index is -0.226. The Morgan fingerprint density at radius 2 is 1.70 bits per heavy atom. The first-order chi connectivity index (χ1) is 16.1. The lowest BCUT2D eigenvalue weighted by molar-refractivity contribution is 0.0546. The maximum atomic E-state index is 13.0. The zero-order valence-electron chi connectivity index (χ0n) is 20.5. The van der Waals surface area contributed by atoms with Gasteiger partial charge in [-0.3, -0.25) is 19.5 Å². The van der Waals surface area contributed by atoms with E-state index in [1.807, 2.05) is 4.90 Å². The molecule has 0 bridgehead atoms. The van der Waals surface area contributed by atoms with Crippen molar-refractivity contribution in [1.29, 1.82) is 0 Å². The molecule has 1 saturated carbocycles. The molecule has 1 amide bonds. The Bertz CT molecular complexity index is 717. The predicted molar refractivity (Wildman–Crippen MR) is 128 cm³/mol. The highest BCUT2D eigenvalue weighted by molar-refractivity contribution is 5.92. The minimum Gasteiger partial charge on any atom is -0.447 e. The smallest absolute Gasteiger partial charge is 0.275 e. The molecule has 2 aliphatic heterocycles. The molecule has 0 spiro atoms. The molecule has 1 aliphatic carbocycles. The molecule has 4 rings (SSSR count). The van der Waals surface area contributed by atoms with Gasteiger partial charge in [-0.05, 0) is 19.3 Å². The van der Waals surface area contributed by atoms with E-state index in [-0.39, 0.29) is 12.0 Å². The molecular weight excluding hydrogens is 418 g/mol. The predicted octanol–water partition coefficient (Wildman–Crippen LogP) is 2.43. The molecule has 8 heteroatoms. The van der Waals surface area contributed by atoms with Crippen molar-refractivity contribution in [3.63, 3.8) is 0 Å². The highest BCUT2D eigenvalue weighted by atomic mass is 16.3. The number of nitrogens with zero attached hydrogens (tertiary/aromatic N) is 5. The summed E-state index contributed by atoms with van der Waals surface area (Å²) in [5.41, 5.74) is 0.439. The summed E-state index contributed by atoms with van der Waals surface area (Å²) in [6.45, 7) is 10.7. The quantitative estimate of drug-likeness (QED) is 0.596. The first kappa shape index (κ1) is 24.6. The topological polar surface area (TPSA) is 76.3 Å². The summed E-state index contributed by atoms with van der Waals surface area (Å²) >= 11 is 0. The molecule has 0 aromatic carbocycles. The van der Waals surface area contributed by atoms with E-state index in [2.05, 4.69) is 26.6 Å². The van der Waals surface area contributed by atoms with Crippen LogP contribution in [0.3, 0.4) is 0 Å². The van der Waals surface area contributed by atoms with Crippen molar-refractivity contribution in [2.24, 2.45) is 0 Å². The second kappa shape index (κ2) is 12.3. The monoisotopic (exact) mass is 461 g/mol. The average Bonchev–Trinajstić information content (AvgIpc) is 3.12. The molecule has 3 heterocycles. The van der Waals surface area contributed by atoms with Crippen LogP contribution in [-0.4, -0.2) is 107 Å². The summed E-state index contributed by atoms with van der Waals surface area (Å²) in [5, 5.41) is 10.0. The van der Waals surface area contributed by atoms with Gasteiger partial charge in [0.1, 0.15) is 6.26 Å². The number of aliphatic hydroxyl groups excluding tert-OH is 1. The lowest BCUT2D eigenvalue weighted by atomic mass is 10.1. The standard InChI is InChI=1S/C25H43N5O3/c1-2-7-22(31)18-27-10-12-28(13-11-27)19-24-26-23(20-33-24)25(32)30-16-14-29(15-17-30)21-8-5-3-4-6-9-21/h20-22,31H,2-19H2,1H3. The summed E-state index contributed by atoms with van der Waals surface area (Å²) in [6.07, 6.45) is 11.3. The van der Waals surface area contributed by atoms with E-state index in [0.29, 0.717) is 24.2 Å². The van der Waals surface area contributed by atoms with E-state index in [1.165, 1.54) is 44.8 Å². The van der Waals surface area contributed by atoms with Crippen LogP contribution < -0.4 is 0 Å². The molecular formula is C25H43N5O3. The summed E-state index contributed by atoms with van der Waals surface area (Å²) in [6, 6.07) is 0.707. The van der Waals surface area contributed by atoms with Crippen LogP contribution in [0, 0.1) is 0 Å². The molecule has 186 valence electrons. The lowest BCUT2D eigenvalue weighted by Gasteiger charge is -2.39. The van der Waals surface area contributed by atoms with Crippen molar-refractivity contribution in [3.8, 4) is 0 Å². The Morgan fingerprint density at radius 3 is 2.36 bits per heavy atom. The van der Waals surface area contributed by atoms with Gasteiger partial charge in [-0.2, -0.15) is 0 Å². The van der Waals surface area contributed by atoms with Gasteiger partial charge in [0.2, 0.25) is 5.89 Å². The van der Waals surface area contributed by atoms with Gasteiger partial charge >= 0.3 is 0 Å². The number of carbonyl (C=O) groups is 1. The molecule has 1 atom stereocenters. The summed E-state index contributed by atoms with van der Waals surface area (Å²) in [7, 11) is 0. The van der Waals surface area contributed by atoms with Crippen LogP contribution in [0.2, 0.25) is 0 Å². The fourth-order valence-corrected chi connectivity index (χ4v) is 5.60. The van der Waals surface area contributed by atoms with Gasteiger partial charge in [0.25, 0.3) is 5.91 Å². The Hall–Kier alpha value is -1.48. The van der Waals surface area contributed by atoms with Crippen molar-refractivity contribution in [1.82, 2.24) is 24.6 Å². The third kappa shape index (κ3) is 7.01. The van der Waals surface area contributed by atoms with Gasteiger partial charge in [0, 0.05) is 64.9 Å². The van der Waals surface area contributed by atoms with Gasteiger partial charge < -0.3 is 14.4 Å². The largest absolute Gasteiger partial charge is 0.447 e. The number of hydrogen-bond acceptors (Lipinski definition) is 7. The fourth-order valence-electron chi connectivity index (χ4n) is 5.60. The number of piperazine rings is 2. The van der Waals surface area contributed by atoms with Crippen molar-refractivity contribution in [3.05, 3.63) is 17.8 Å². The second-order valence-electron chi connectivity index (χ2n) is 10.1. The van der Waals surface area contributed by atoms with Crippen LogP contribution >= 0.6 is 0 Å². The van der Waals surface area contributed by atoms with Crippen molar-refractivity contribution in [2.75, 3.05) is 58.9 Å². The first-order valence-corrected chi connectivity index (χ1v) is 13.2. The lowest BCUT2D eigenvalue weighted by Crippen LogP contribution is -2.52. The van der Waals surface area contributed by atoms with Crippen LogP contribution in [-0.2, 0) is 6.54 Å². The highest BCUT2D eigenvalue weighted by Gasteiger charge is 2.28. The Labute approximate surface area is 198 Å². The molecule has 1 aromatic heterocycles. The van der Waals surface area contributed by atoms with Crippen molar-refractivity contribution >= 4 is 5.91 Å². The van der Waals surface area contributed by atoms with Crippen LogP contribution in [0.15, 0.2) is 10.7 Å². The average molecular weight is 462 g/mol. The molecule has 33 heavy (non-hydrogen) atoms. The number of aliphatic hydroxyl groups is 1. The van der Waals surface area contributed by atoms with Crippen LogP contribution in [0.1, 0.15) is 74.7 Å². The minimum absolute atomic E-state index is 0.000229. The number of hydrogen-bond donors (Lipinski definition) is 1. The van der Waals surface area contributed by atoms with E-state index in [9.17, 15) is 9.90 Å². The second-order valence-corrected chi connectivity index (χ2v) is 10.1. The molecule has 1 N–H and O–H groups in total. The SMILES string of the molecule is CCCC(O)CN1CCN(Cc2nc(C(=O)N3CCN(C4CCCCCC4)CC3)co2)CC1. The van der Waals surface area contributed by atoms with Crippen LogP contribution in [0.25, 0.3) is 0 Å². The van der Waals surface area contributed by atoms with E-state index in [0.717, 1.165) is 71.7 Å². The van der Waals surface area contributed by atoms with Crippen molar-refractivity contribution in [2.45, 2.75) is 77.0 Å². The summed E-state index contributed by atoms with van der Waals surface area (Å²) < 4.78 is 5.67. The third-order valence-electron chi connectivity index (χ3n) is 7.63. The van der Waals surface area contributed by atoms with Crippen LogP contribution in [0.5, 0.6) is 0 Å². The molecule has 1 aromatic rings. The molecule has 3 aliphatic rings. The number of β-amino-alcohol motifs (C(OH)–C–C–N with tert-alkyl or cyclic N) is 1. The number of oxazole rings is 1. The summed E-state index contributed by atoms with van der Waals surface area (Å²) in [5.74, 6) is 0.621. The zero-order valence-corrected chi connectivity index (χ0v) is 20.5. The van der Waals surface area contributed by atoms with Crippen molar-refractivity contribution < 1.29 is 14.3 Å². The number of amides is 1. The zero-order chi connectivity index (χ0) is 23.0. The fraction of sp³-hybridized carbons (Fsp3) is 0.840. The van der Waals surface area contributed by atoms with Gasteiger partial charge in [-0.15, -0.1) is 0 Å². The molecule has 8 nitrogen and oxygen atoms in total. The van der Waals surface area contributed by atoms with E-state index in [1.54, 1.807) is 0 Å². The van der Waals surface area contributed by atoms with Gasteiger partial charge in [0.05, 0.1) is 12.6 Å². The van der Waals surface area contributed by atoms with E-state index in [4.69, 9.17) is 4.42 Å². The maximum Gasteiger partial charge on any atom is 0.275 e. The van der Waals surface area contributed by atoms with E-state index < -0.39 is 0 Å². The maximum absolute atomic E-state index is 13.0. The Kier molecular flexibility index (Phi) is 9.18. The molecule has 3 fully saturated rings. The number of aromatic nitrogens is 1. The number of carbonyl (C=O) groups excluding carboxylic acids is 1. The van der Waals surface area contributed by atoms with Gasteiger partial charge in [0.15, 0.2) is 5.69 Å². The van der Waals surface area contributed by atoms with E-state index >= 15 is 0 Å². The summed E-state index contributed by atoms with van der Waals surface area (Å²) in [4.78, 5) is 26.7. The highest BCUT2D eigenvalue weighted by Crippen LogP contribution is 2.23. The molecule has 0 radical (unpaired) electrons. The number of rotatable bonds is 8. The Morgan fingerprint density at radius 1 is 1.03 bits per heavy atom. The van der Waals surface area contributed by atoms with Crippen LogP contribution in [0.4, 0.5) is 0 Å². The third-order valence-corrected chi connectivity index (χ3v) is 7.63. The Balaban J connectivity index is 1.20. The normalized spacial score (nSPS) is 23.5. The van der Waals surface area contributed by atoms with Gasteiger partial charge in [-0.25, -0.2) is 4.98 Å². The van der Waals surface area contributed by atoms with Gasteiger partial charge in [-0.1, -0.05) is 39.0 Å². The molecule has 1 unspecified atom stereocenters.